The van der Waals surface area contributed by atoms with Gasteiger partial charge in [0.15, 0.2) is 5.79 Å². The number of carbonyl (C=O) groups excluding carboxylic acids is 1. The zero-order valence-electron chi connectivity index (χ0n) is 14.4. The minimum Gasteiger partial charge on any atom is -0.459 e. The number of ether oxygens (including phenoxy) is 3. The van der Waals surface area contributed by atoms with Gasteiger partial charge in [0.1, 0.15) is 24.4 Å². The van der Waals surface area contributed by atoms with E-state index in [0.29, 0.717) is 6.61 Å². The van der Waals surface area contributed by atoms with E-state index in [1.807, 2.05) is 49.3 Å². The molecule has 1 saturated heterocycles. The van der Waals surface area contributed by atoms with Crippen molar-refractivity contribution in [2.24, 2.45) is 0 Å². The zero-order valence-corrected chi connectivity index (χ0v) is 14.4. The molecule has 1 unspecified atom stereocenters. The predicted molar refractivity (Wildman–Crippen MR) is 90.2 cm³/mol. The monoisotopic (exact) mass is 330 g/mol. The molecule has 0 bridgehead atoms. The van der Waals surface area contributed by atoms with Crippen LogP contribution < -0.4 is 4.90 Å². The van der Waals surface area contributed by atoms with Gasteiger partial charge in [0, 0.05) is 19.8 Å². The highest BCUT2D eigenvalue weighted by atomic mass is 16.7. The van der Waals surface area contributed by atoms with Crippen molar-refractivity contribution in [1.29, 1.82) is 5.26 Å². The molecule has 1 aliphatic rings. The Kier molecular flexibility index (Phi) is 5.60. The number of nitrogens with zero attached hydrogens (tertiary/aromatic N) is 2. The lowest BCUT2D eigenvalue weighted by atomic mass is 10.1. The summed E-state index contributed by atoms with van der Waals surface area (Å²) in [6, 6.07) is 9.40. The first-order valence-electron chi connectivity index (χ1n) is 7.69. The molecule has 0 aliphatic carbocycles. The Hall–Kier alpha value is -2.36. The third-order valence-electron chi connectivity index (χ3n) is 3.53. The van der Waals surface area contributed by atoms with Crippen molar-refractivity contribution in [1.82, 2.24) is 0 Å². The fourth-order valence-electron chi connectivity index (χ4n) is 2.26. The molecule has 0 amide bonds. The molecule has 0 aromatic heterocycles. The Morgan fingerprint density at radius 2 is 2.08 bits per heavy atom. The van der Waals surface area contributed by atoms with Gasteiger partial charge >= 0.3 is 5.97 Å². The van der Waals surface area contributed by atoms with E-state index >= 15 is 0 Å². The molecule has 1 atom stereocenters. The predicted octanol–water partition coefficient (Wildman–Crippen LogP) is 2.35. The molecule has 1 heterocycles. The van der Waals surface area contributed by atoms with E-state index in [4.69, 9.17) is 14.2 Å². The minimum absolute atomic E-state index is 0.0502. The van der Waals surface area contributed by atoms with Crippen LogP contribution in [0.15, 0.2) is 29.8 Å². The summed E-state index contributed by atoms with van der Waals surface area (Å²) in [5.74, 6) is -1.33. The third kappa shape index (κ3) is 4.82. The summed E-state index contributed by atoms with van der Waals surface area (Å²) in [4.78, 5) is 14.0. The molecule has 1 aromatic carbocycles. The van der Waals surface area contributed by atoms with Crippen LogP contribution in [-0.4, -0.2) is 45.2 Å². The molecule has 6 heteroatoms. The number of benzene rings is 1. The largest absolute Gasteiger partial charge is 0.459 e. The number of carbonyl (C=O) groups is 1. The molecular weight excluding hydrogens is 308 g/mol. The van der Waals surface area contributed by atoms with Gasteiger partial charge in [-0.25, -0.2) is 4.79 Å². The van der Waals surface area contributed by atoms with Crippen LogP contribution in [0, 0.1) is 11.3 Å². The molecule has 0 saturated carbocycles. The van der Waals surface area contributed by atoms with Crippen molar-refractivity contribution in [2.45, 2.75) is 25.7 Å². The summed E-state index contributed by atoms with van der Waals surface area (Å²) in [6.07, 6.45) is 1.20. The zero-order chi connectivity index (χ0) is 17.7. The maximum atomic E-state index is 12.1. The molecule has 1 fully saturated rings. The molecule has 128 valence electrons. The first-order valence-corrected chi connectivity index (χ1v) is 7.69. The van der Waals surface area contributed by atoms with E-state index in [9.17, 15) is 10.1 Å². The van der Waals surface area contributed by atoms with Crippen LogP contribution in [0.3, 0.4) is 0 Å². The Labute approximate surface area is 142 Å². The van der Waals surface area contributed by atoms with E-state index in [2.05, 4.69) is 0 Å². The number of nitriles is 1. The fourth-order valence-corrected chi connectivity index (χ4v) is 2.26. The van der Waals surface area contributed by atoms with E-state index in [1.54, 1.807) is 13.8 Å². The number of hydrogen-bond donors (Lipinski definition) is 0. The van der Waals surface area contributed by atoms with Gasteiger partial charge in [-0.1, -0.05) is 12.1 Å². The number of esters is 1. The second-order valence-corrected chi connectivity index (χ2v) is 6.20. The highest BCUT2D eigenvalue weighted by molar-refractivity contribution is 5.97. The van der Waals surface area contributed by atoms with Crippen LogP contribution in [-0.2, 0) is 19.0 Å². The second-order valence-electron chi connectivity index (χ2n) is 6.20. The maximum absolute atomic E-state index is 12.1. The van der Waals surface area contributed by atoms with Gasteiger partial charge in [0.2, 0.25) is 0 Å². The molecule has 24 heavy (non-hydrogen) atoms. The molecular formula is C18H22N2O4. The average molecular weight is 330 g/mol. The topological polar surface area (TPSA) is 71.8 Å². The van der Waals surface area contributed by atoms with Crippen molar-refractivity contribution < 1.29 is 19.0 Å². The summed E-state index contributed by atoms with van der Waals surface area (Å²) < 4.78 is 16.1. The first kappa shape index (κ1) is 18.0. The van der Waals surface area contributed by atoms with Crippen molar-refractivity contribution in [2.75, 3.05) is 32.2 Å². The molecule has 0 radical (unpaired) electrons. The quantitative estimate of drug-likeness (QED) is 0.469. The summed E-state index contributed by atoms with van der Waals surface area (Å²) in [5, 5.41) is 9.19. The maximum Gasteiger partial charge on any atom is 0.348 e. The SMILES string of the molecule is CN(C)c1ccc(/C=C(/C#N)C(=O)OCC2COC(C)(C)O2)cc1. The number of anilines is 1. The molecule has 0 spiro atoms. The van der Waals surface area contributed by atoms with E-state index in [1.165, 1.54) is 6.08 Å². The standard InChI is InChI=1S/C18H22N2O4/c1-18(2)23-12-16(24-18)11-22-17(21)14(10-19)9-13-5-7-15(8-6-13)20(3)4/h5-9,16H,11-12H2,1-4H3/b14-9-. The van der Waals surface area contributed by atoms with Gasteiger partial charge in [-0.05, 0) is 37.6 Å². The first-order chi connectivity index (χ1) is 11.3. The highest BCUT2D eigenvalue weighted by Gasteiger charge is 2.33. The molecule has 1 aliphatic heterocycles. The Balaban J connectivity index is 1.97. The lowest BCUT2D eigenvalue weighted by Crippen LogP contribution is -2.25. The van der Waals surface area contributed by atoms with Gasteiger partial charge in [0.05, 0.1) is 6.61 Å². The van der Waals surface area contributed by atoms with Crippen LogP contribution in [0.25, 0.3) is 6.08 Å². The summed E-state index contributed by atoms with van der Waals surface area (Å²) in [6.45, 7) is 4.01. The lowest BCUT2D eigenvalue weighted by Gasteiger charge is -2.16. The van der Waals surface area contributed by atoms with E-state index in [-0.39, 0.29) is 18.3 Å². The highest BCUT2D eigenvalue weighted by Crippen LogP contribution is 2.22. The van der Waals surface area contributed by atoms with Gasteiger partial charge in [-0.15, -0.1) is 0 Å². The Bertz CT molecular complexity index is 657. The van der Waals surface area contributed by atoms with Gasteiger partial charge in [-0.2, -0.15) is 5.26 Å². The summed E-state index contributed by atoms with van der Waals surface area (Å²) in [5.41, 5.74) is 1.75. The number of rotatable bonds is 5. The summed E-state index contributed by atoms with van der Waals surface area (Å²) >= 11 is 0. The third-order valence-corrected chi connectivity index (χ3v) is 3.53. The molecule has 6 nitrogen and oxygen atoms in total. The van der Waals surface area contributed by atoms with Gasteiger partial charge in [0.25, 0.3) is 0 Å². The second kappa shape index (κ2) is 7.47. The van der Waals surface area contributed by atoms with Crippen LogP contribution in [0.1, 0.15) is 19.4 Å². The van der Waals surface area contributed by atoms with Gasteiger partial charge in [-0.3, -0.25) is 0 Å². The van der Waals surface area contributed by atoms with E-state index in [0.717, 1.165) is 11.3 Å². The average Bonchev–Trinajstić information content (AvgIpc) is 2.89. The molecule has 0 N–H and O–H groups in total. The number of hydrogen-bond acceptors (Lipinski definition) is 6. The van der Waals surface area contributed by atoms with Crippen LogP contribution in [0.4, 0.5) is 5.69 Å². The minimum atomic E-state index is -0.668. The lowest BCUT2D eigenvalue weighted by molar-refractivity contribution is -0.155. The van der Waals surface area contributed by atoms with Crippen molar-refractivity contribution >= 4 is 17.7 Å². The summed E-state index contributed by atoms with van der Waals surface area (Å²) in [7, 11) is 3.89. The smallest absolute Gasteiger partial charge is 0.348 e. The van der Waals surface area contributed by atoms with Crippen LogP contribution >= 0.6 is 0 Å². The molecule has 1 aromatic rings. The normalized spacial score (nSPS) is 19.6. The van der Waals surface area contributed by atoms with Gasteiger partial charge < -0.3 is 19.1 Å². The van der Waals surface area contributed by atoms with Crippen molar-refractivity contribution in [3.8, 4) is 6.07 Å². The van der Waals surface area contributed by atoms with Crippen molar-refractivity contribution in [3.05, 3.63) is 35.4 Å². The van der Waals surface area contributed by atoms with Crippen molar-refractivity contribution in [3.63, 3.8) is 0 Å². The Morgan fingerprint density at radius 1 is 1.42 bits per heavy atom. The van der Waals surface area contributed by atoms with Crippen LogP contribution in [0.2, 0.25) is 0 Å². The Morgan fingerprint density at radius 3 is 2.58 bits per heavy atom. The molecule has 2 rings (SSSR count). The van der Waals surface area contributed by atoms with Crippen LogP contribution in [0.5, 0.6) is 0 Å². The fraction of sp³-hybridized carbons (Fsp3) is 0.444. The van der Waals surface area contributed by atoms with E-state index < -0.39 is 11.8 Å².